The highest BCUT2D eigenvalue weighted by molar-refractivity contribution is 5.09. The van der Waals surface area contributed by atoms with E-state index in [1.807, 2.05) is 6.92 Å². The lowest BCUT2D eigenvalue weighted by atomic mass is 9.78. The van der Waals surface area contributed by atoms with Crippen molar-refractivity contribution in [1.82, 2.24) is 10.1 Å². The number of rotatable bonds is 5. The number of hydrogen-bond donors (Lipinski definition) is 1. The van der Waals surface area contributed by atoms with Crippen LogP contribution >= 0.6 is 0 Å². The standard InChI is InChI=1S/C12H19N3O2/c1-2-16-9(8-4-5-8)10-14-11(17-15-10)12(13)6-3-7-12/h8-9H,2-7,13H2,1H3. The van der Waals surface area contributed by atoms with Crippen molar-refractivity contribution < 1.29 is 9.26 Å². The maximum atomic E-state index is 6.17. The summed E-state index contributed by atoms with van der Waals surface area (Å²) in [7, 11) is 0. The summed E-state index contributed by atoms with van der Waals surface area (Å²) in [4.78, 5) is 4.46. The summed E-state index contributed by atoms with van der Waals surface area (Å²) in [6, 6.07) is 0. The summed E-state index contributed by atoms with van der Waals surface area (Å²) < 4.78 is 11.0. The summed E-state index contributed by atoms with van der Waals surface area (Å²) in [5, 5.41) is 4.05. The van der Waals surface area contributed by atoms with E-state index in [4.69, 9.17) is 15.0 Å². The van der Waals surface area contributed by atoms with Gasteiger partial charge in [0.05, 0.1) is 5.54 Å². The molecule has 5 nitrogen and oxygen atoms in total. The fourth-order valence-corrected chi connectivity index (χ4v) is 2.32. The molecule has 0 radical (unpaired) electrons. The van der Waals surface area contributed by atoms with Crippen molar-refractivity contribution in [3.05, 3.63) is 11.7 Å². The molecule has 0 bridgehead atoms. The molecule has 0 aromatic carbocycles. The van der Waals surface area contributed by atoms with Crippen LogP contribution in [0.25, 0.3) is 0 Å². The third kappa shape index (κ3) is 1.98. The predicted molar refractivity (Wildman–Crippen MR) is 61.1 cm³/mol. The van der Waals surface area contributed by atoms with Crippen molar-refractivity contribution in [2.75, 3.05) is 6.61 Å². The second-order valence-electron chi connectivity index (χ2n) is 5.18. The SMILES string of the molecule is CCOC(c1noc(C2(N)CCC2)n1)C1CC1. The van der Waals surface area contributed by atoms with Crippen molar-refractivity contribution in [2.24, 2.45) is 11.7 Å². The van der Waals surface area contributed by atoms with E-state index < -0.39 is 0 Å². The fraction of sp³-hybridized carbons (Fsp3) is 0.833. The van der Waals surface area contributed by atoms with Crippen molar-refractivity contribution in [1.29, 1.82) is 0 Å². The molecule has 5 heteroatoms. The molecule has 0 aliphatic heterocycles. The van der Waals surface area contributed by atoms with Gasteiger partial charge in [0.2, 0.25) is 11.7 Å². The van der Waals surface area contributed by atoms with Crippen LogP contribution in [0.3, 0.4) is 0 Å². The zero-order valence-corrected chi connectivity index (χ0v) is 10.2. The van der Waals surface area contributed by atoms with Gasteiger partial charge in [-0.1, -0.05) is 5.16 Å². The van der Waals surface area contributed by atoms with Gasteiger partial charge in [-0.25, -0.2) is 0 Å². The normalized spacial score (nSPS) is 24.4. The first kappa shape index (κ1) is 11.2. The van der Waals surface area contributed by atoms with E-state index in [0.29, 0.717) is 24.2 Å². The van der Waals surface area contributed by atoms with E-state index in [0.717, 1.165) is 19.3 Å². The largest absolute Gasteiger partial charge is 0.370 e. The minimum atomic E-state index is -0.369. The zero-order chi connectivity index (χ0) is 11.9. The Morgan fingerprint density at radius 1 is 1.53 bits per heavy atom. The lowest BCUT2D eigenvalue weighted by Gasteiger charge is -2.33. The average Bonchev–Trinajstić information content (AvgIpc) is 3.00. The average molecular weight is 237 g/mol. The van der Waals surface area contributed by atoms with E-state index in [2.05, 4.69) is 10.1 Å². The number of aromatic nitrogens is 2. The molecule has 2 fully saturated rings. The van der Waals surface area contributed by atoms with Crippen LogP contribution < -0.4 is 5.73 Å². The predicted octanol–water partition coefficient (Wildman–Crippen LogP) is 1.90. The van der Waals surface area contributed by atoms with Gasteiger partial charge in [0.25, 0.3) is 0 Å². The maximum Gasteiger partial charge on any atom is 0.246 e. The van der Waals surface area contributed by atoms with Gasteiger partial charge in [-0.3, -0.25) is 0 Å². The van der Waals surface area contributed by atoms with Gasteiger partial charge < -0.3 is 15.0 Å². The maximum absolute atomic E-state index is 6.17. The molecule has 0 spiro atoms. The summed E-state index contributed by atoms with van der Waals surface area (Å²) in [6.45, 7) is 2.67. The van der Waals surface area contributed by atoms with E-state index in [-0.39, 0.29) is 11.6 Å². The topological polar surface area (TPSA) is 74.2 Å². The second kappa shape index (κ2) is 4.07. The summed E-state index contributed by atoms with van der Waals surface area (Å²) in [5.41, 5.74) is 5.80. The van der Waals surface area contributed by atoms with Crippen LogP contribution in [-0.4, -0.2) is 16.7 Å². The van der Waals surface area contributed by atoms with Crippen molar-refractivity contribution in [2.45, 2.75) is 50.7 Å². The van der Waals surface area contributed by atoms with Crippen molar-refractivity contribution in [3.8, 4) is 0 Å². The molecule has 1 heterocycles. The van der Waals surface area contributed by atoms with E-state index in [9.17, 15) is 0 Å². The van der Waals surface area contributed by atoms with Gasteiger partial charge in [-0.2, -0.15) is 4.98 Å². The Morgan fingerprint density at radius 3 is 2.82 bits per heavy atom. The second-order valence-corrected chi connectivity index (χ2v) is 5.18. The van der Waals surface area contributed by atoms with Crippen LogP contribution in [0.5, 0.6) is 0 Å². The molecular weight excluding hydrogens is 218 g/mol. The van der Waals surface area contributed by atoms with Crippen LogP contribution in [0.1, 0.15) is 56.8 Å². The quantitative estimate of drug-likeness (QED) is 0.846. The number of nitrogens with two attached hydrogens (primary N) is 1. The highest BCUT2D eigenvalue weighted by Gasteiger charge is 2.42. The van der Waals surface area contributed by atoms with Gasteiger partial charge >= 0.3 is 0 Å². The fourth-order valence-electron chi connectivity index (χ4n) is 2.32. The van der Waals surface area contributed by atoms with Crippen LogP contribution in [0, 0.1) is 5.92 Å². The molecule has 94 valence electrons. The van der Waals surface area contributed by atoms with Gasteiger partial charge in [-0.15, -0.1) is 0 Å². The van der Waals surface area contributed by atoms with Crippen LogP contribution in [0.2, 0.25) is 0 Å². The molecule has 0 amide bonds. The van der Waals surface area contributed by atoms with Crippen LogP contribution in [0.4, 0.5) is 0 Å². The number of nitrogens with zero attached hydrogens (tertiary/aromatic N) is 2. The highest BCUT2D eigenvalue weighted by Crippen LogP contribution is 2.43. The molecule has 2 N–H and O–H groups in total. The molecular formula is C12H19N3O2. The molecule has 17 heavy (non-hydrogen) atoms. The van der Waals surface area contributed by atoms with Gasteiger partial charge in [-0.05, 0) is 44.9 Å². The first-order valence-electron chi connectivity index (χ1n) is 6.47. The molecule has 1 aromatic rings. The Morgan fingerprint density at radius 2 is 2.29 bits per heavy atom. The van der Waals surface area contributed by atoms with E-state index >= 15 is 0 Å². The Labute approximate surface area is 101 Å². The summed E-state index contributed by atoms with van der Waals surface area (Å²) in [5.74, 6) is 1.83. The lowest BCUT2D eigenvalue weighted by Crippen LogP contribution is -2.43. The molecule has 2 aliphatic carbocycles. The first-order chi connectivity index (χ1) is 8.23. The molecule has 1 unspecified atom stereocenters. The van der Waals surface area contributed by atoms with Crippen LogP contribution in [0.15, 0.2) is 4.52 Å². The molecule has 2 aliphatic rings. The Bertz CT molecular complexity index is 396. The molecule has 0 saturated heterocycles. The summed E-state index contributed by atoms with van der Waals surface area (Å²) >= 11 is 0. The lowest BCUT2D eigenvalue weighted by molar-refractivity contribution is 0.0384. The molecule has 3 rings (SSSR count). The Hall–Kier alpha value is -0.940. The molecule has 1 aromatic heterocycles. The minimum absolute atomic E-state index is 0.00109. The van der Waals surface area contributed by atoms with E-state index in [1.165, 1.54) is 12.8 Å². The van der Waals surface area contributed by atoms with Gasteiger partial charge in [0.15, 0.2) is 0 Å². The first-order valence-corrected chi connectivity index (χ1v) is 6.47. The van der Waals surface area contributed by atoms with Gasteiger partial charge in [0.1, 0.15) is 6.10 Å². The number of hydrogen-bond acceptors (Lipinski definition) is 5. The minimum Gasteiger partial charge on any atom is -0.370 e. The smallest absolute Gasteiger partial charge is 0.246 e. The third-order valence-electron chi connectivity index (χ3n) is 3.76. The summed E-state index contributed by atoms with van der Waals surface area (Å²) in [6.07, 6.45) is 5.42. The van der Waals surface area contributed by atoms with Gasteiger partial charge in [0, 0.05) is 6.61 Å². The van der Waals surface area contributed by atoms with Crippen molar-refractivity contribution >= 4 is 0 Å². The van der Waals surface area contributed by atoms with E-state index in [1.54, 1.807) is 0 Å². The Balaban J connectivity index is 1.78. The monoisotopic (exact) mass is 237 g/mol. The highest BCUT2D eigenvalue weighted by atomic mass is 16.5. The zero-order valence-electron chi connectivity index (χ0n) is 10.2. The van der Waals surface area contributed by atoms with Crippen molar-refractivity contribution in [3.63, 3.8) is 0 Å². The Kier molecular flexibility index (Phi) is 2.67. The molecule has 2 saturated carbocycles. The third-order valence-corrected chi connectivity index (χ3v) is 3.76. The van der Waals surface area contributed by atoms with Crippen LogP contribution in [-0.2, 0) is 10.3 Å². The molecule has 1 atom stereocenters. The number of ether oxygens (including phenoxy) is 1.